The van der Waals surface area contributed by atoms with Crippen molar-refractivity contribution in [1.82, 2.24) is 9.97 Å². The van der Waals surface area contributed by atoms with E-state index in [1.54, 1.807) is 11.3 Å². The Morgan fingerprint density at radius 2 is 1.86 bits per heavy atom. The fourth-order valence-corrected chi connectivity index (χ4v) is 3.99. The second-order valence-electron chi connectivity index (χ2n) is 5.90. The molecule has 0 amide bonds. The first-order valence-corrected chi connectivity index (χ1v) is 8.67. The molecule has 0 bridgehead atoms. The molecule has 1 aromatic carbocycles. The summed E-state index contributed by atoms with van der Waals surface area (Å²) in [5.41, 5.74) is 1.27. The largest absolute Gasteiger partial charge is 0.356 e. The molecule has 3 nitrogen and oxygen atoms in total. The van der Waals surface area contributed by atoms with Gasteiger partial charge in [0.1, 0.15) is 16.5 Å². The van der Waals surface area contributed by atoms with Crippen molar-refractivity contribution in [3.8, 4) is 0 Å². The zero-order valence-corrected chi connectivity index (χ0v) is 13.6. The standard InChI is InChI=1S/C18H19N3S/c1-13-11-15-17(21-9-5-6-10-21)19-16(20-18(15)22-13)12-14-7-3-2-4-8-14/h2-4,7-8,11H,5-6,9-10,12H2,1H3. The van der Waals surface area contributed by atoms with Crippen LogP contribution in [0.4, 0.5) is 5.82 Å². The fraction of sp³-hybridized carbons (Fsp3) is 0.333. The molecular formula is C18H19N3S. The smallest absolute Gasteiger partial charge is 0.141 e. The van der Waals surface area contributed by atoms with Crippen LogP contribution < -0.4 is 4.90 Å². The van der Waals surface area contributed by atoms with E-state index in [9.17, 15) is 0 Å². The number of thiophene rings is 1. The molecule has 3 aromatic rings. The van der Waals surface area contributed by atoms with Gasteiger partial charge in [-0.2, -0.15) is 0 Å². The van der Waals surface area contributed by atoms with Crippen LogP contribution in [0, 0.1) is 6.92 Å². The first kappa shape index (κ1) is 13.7. The van der Waals surface area contributed by atoms with Gasteiger partial charge in [0.15, 0.2) is 0 Å². The third kappa shape index (κ3) is 2.59. The summed E-state index contributed by atoms with van der Waals surface area (Å²) in [6.45, 7) is 4.38. The number of fused-ring (bicyclic) bond motifs is 1. The minimum Gasteiger partial charge on any atom is -0.356 e. The first-order chi connectivity index (χ1) is 10.8. The lowest BCUT2D eigenvalue weighted by molar-refractivity contribution is 0.908. The van der Waals surface area contributed by atoms with Crippen LogP contribution in [-0.4, -0.2) is 23.1 Å². The Hall–Kier alpha value is -1.94. The highest BCUT2D eigenvalue weighted by atomic mass is 32.1. The molecule has 0 atom stereocenters. The Labute approximate surface area is 134 Å². The molecule has 1 fully saturated rings. The van der Waals surface area contributed by atoms with Crippen LogP contribution in [0.15, 0.2) is 36.4 Å². The van der Waals surface area contributed by atoms with Crippen LogP contribution in [0.2, 0.25) is 0 Å². The Morgan fingerprint density at radius 1 is 1.09 bits per heavy atom. The monoisotopic (exact) mass is 309 g/mol. The zero-order chi connectivity index (χ0) is 14.9. The highest BCUT2D eigenvalue weighted by molar-refractivity contribution is 7.18. The number of anilines is 1. The molecule has 112 valence electrons. The van der Waals surface area contributed by atoms with E-state index in [0.717, 1.165) is 36.0 Å². The van der Waals surface area contributed by atoms with Crippen LogP contribution in [0.3, 0.4) is 0 Å². The van der Waals surface area contributed by atoms with Gasteiger partial charge in [0.2, 0.25) is 0 Å². The summed E-state index contributed by atoms with van der Waals surface area (Å²) in [6.07, 6.45) is 3.33. The predicted molar refractivity (Wildman–Crippen MR) is 92.8 cm³/mol. The maximum absolute atomic E-state index is 4.91. The topological polar surface area (TPSA) is 29.0 Å². The minimum absolute atomic E-state index is 0.800. The number of hydrogen-bond donors (Lipinski definition) is 0. The molecule has 2 aromatic heterocycles. The summed E-state index contributed by atoms with van der Waals surface area (Å²) in [7, 11) is 0. The Balaban J connectivity index is 1.78. The van der Waals surface area contributed by atoms with Crippen molar-refractivity contribution in [2.75, 3.05) is 18.0 Å². The highest BCUT2D eigenvalue weighted by Gasteiger charge is 2.19. The van der Waals surface area contributed by atoms with Gasteiger partial charge < -0.3 is 4.90 Å². The van der Waals surface area contributed by atoms with Crippen molar-refractivity contribution in [3.63, 3.8) is 0 Å². The number of aromatic nitrogens is 2. The van der Waals surface area contributed by atoms with E-state index in [4.69, 9.17) is 9.97 Å². The molecule has 1 aliphatic heterocycles. The summed E-state index contributed by atoms with van der Waals surface area (Å²) < 4.78 is 0. The summed E-state index contributed by atoms with van der Waals surface area (Å²) in [6, 6.07) is 12.7. The average Bonchev–Trinajstić information content (AvgIpc) is 3.16. The maximum atomic E-state index is 4.91. The third-order valence-corrected chi connectivity index (χ3v) is 5.10. The van der Waals surface area contributed by atoms with E-state index in [2.05, 4.69) is 42.2 Å². The second-order valence-corrected chi connectivity index (χ2v) is 7.13. The molecule has 0 spiro atoms. The summed E-state index contributed by atoms with van der Waals surface area (Å²) >= 11 is 1.77. The molecule has 0 aliphatic carbocycles. The first-order valence-electron chi connectivity index (χ1n) is 7.85. The maximum Gasteiger partial charge on any atom is 0.141 e. The number of rotatable bonds is 3. The molecule has 0 N–H and O–H groups in total. The lowest BCUT2D eigenvalue weighted by Gasteiger charge is -2.18. The molecule has 4 rings (SSSR count). The quantitative estimate of drug-likeness (QED) is 0.726. The average molecular weight is 309 g/mol. The van der Waals surface area contributed by atoms with Crippen molar-refractivity contribution in [1.29, 1.82) is 0 Å². The second kappa shape index (κ2) is 5.69. The van der Waals surface area contributed by atoms with Gasteiger partial charge in [0, 0.05) is 24.4 Å². The molecular weight excluding hydrogens is 290 g/mol. The van der Waals surface area contributed by atoms with E-state index in [-0.39, 0.29) is 0 Å². The van der Waals surface area contributed by atoms with Crippen molar-refractivity contribution in [3.05, 3.63) is 52.7 Å². The number of hydrogen-bond acceptors (Lipinski definition) is 4. The molecule has 1 saturated heterocycles. The normalized spacial score (nSPS) is 14.9. The zero-order valence-electron chi connectivity index (χ0n) is 12.7. The SMILES string of the molecule is Cc1cc2c(N3CCCC3)nc(Cc3ccccc3)nc2s1. The highest BCUT2D eigenvalue weighted by Crippen LogP contribution is 2.32. The Morgan fingerprint density at radius 3 is 2.64 bits per heavy atom. The Kier molecular flexibility index (Phi) is 3.54. The summed E-state index contributed by atoms with van der Waals surface area (Å²) in [4.78, 5) is 14.6. The van der Waals surface area contributed by atoms with E-state index < -0.39 is 0 Å². The number of aryl methyl sites for hydroxylation is 1. The minimum atomic E-state index is 0.800. The fourth-order valence-electron chi connectivity index (χ4n) is 3.10. The third-order valence-electron chi connectivity index (χ3n) is 4.15. The lowest BCUT2D eigenvalue weighted by Crippen LogP contribution is -2.20. The summed E-state index contributed by atoms with van der Waals surface area (Å²) in [5, 5.41) is 1.22. The van der Waals surface area contributed by atoms with Crippen LogP contribution in [-0.2, 0) is 6.42 Å². The predicted octanol–water partition coefficient (Wildman–Crippen LogP) is 4.19. The van der Waals surface area contributed by atoms with E-state index >= 15 is 0 Å². The van der Waals surface area contributed by atoms with Gasteiger partial charge >= 0.3 is 0 Å². The lowest BCUT2D eigenvalue weighted by atomic mass is 10.1. The summed E-state index contributed by atoms with van der Waals surface area (Å²) in [5.74, 6) is 2.07. The molecule has 1 aliphatic rings. The molecule has 4 heteroatoms. The molecule has 22 heavy (non-hydrogen) atoms. The van der Waals surface area contributed by atoms with Crippen molar-refractivity contribution >= 4 is 27.4 Å². The van der Waals surface area contributed by atoms with E-state index in [1.165, 1.54) is 28.7 Å². The van der Waals surface area contributed by atoms with Crippen LogP contribution >= 0.6 is 11.3 Å². The van der Waals surface area contributed by atoms with Gasteiger partial charge in [0.05, 0.1) is 5.39 Å². The van der Waals surface area contributed by atoms with Gasteiger partial charge in [-0.3, -0.25) is 0 Å². The van der Waals surface area contributed by atoms with Crippen molar-refractivity contribution in [2.24, 2.45) is 0 Å². The van der Waals surface area contributed by atoms with Gasteiger partial charge in [0.25, 0.3) is 0 Å². The van der Waals surface area contributed by atoms with Crippen LogP contribution in [0.25, 0.3) is 10.2 Å². The van der Waals surface area contributed by atoms with Gasteiger partial charge in [-0.05, 0) is 31.4 Å². The number of benzene rings is 1. The molecule has 0 saturated carbocycles. The van der Waals surface area contributed by atoms with E-state index in [1.807, 2.05) is 6.07 Å². The Bertz CT molecular complexity index is 789. The van der Waals surface area contributed by atoms with E-state index in [0.29, 0.717) is 0 Å². The number of nitrogens with zero attached hydrogens (tertiary/aromatic N) is 3. The van der Waals surface area contributed by atoms with Gasteiger partial charge in [-0.15, -0.1) is 11.3 Å². The van der Waals surface area contributed by atoms with Gasteiger partial charge in [-0.25, -0.2) is 9.97 Å². The molecule has 0 radical (unpaired) electrons. The molecule has 0 unspecified atom stereocenters. The molecule has 3 heterocycles. The van der Waals surface area contributed by atoms with Crippen molar-refractivity contribution in [2.45, 2.75) is 26.2 Å². The van der Waals surface area contributed by atoms with Crippen LogP contribution in [0.1, 0.15) is 29.1 Å². The van der Waals surface area contributed by atoms with Crippen molar-refractivity contribution < 1.29 is 0 Å². The van der Waals surface area contributed by atoms with Crippen LogP contribution in [0.5, 0.6) is 0 Å². The van der Waals surface area contributed by atoms with Gasteiger partial charge in [-0.1, -0.05) is 30.3 Å².